The van der Waals surface area contributed by atoms with E-state index in [-0.39, 0.29) is 12.3 Å². The number of unbranched alkanes of at least 4 members (excludes halogenated alkanes) is 2. The lowest BCUT2D eigenvalue weighted by Gasteiger charge is -2.18. The molecule has 0 saturated heterocycles. The van der Waals surface area contributed by atoms with Gasteiger partial charge in [0.2, 0.25) is 5.91 Å². The molecule has 1 rings (SSSR count). The summed E-state index contributed by atoms with van der Waals surface area (Å²) in [5.74, 6) is -1.48. The molecular weight excluding hydrogens is 292 g/mol. The number of hydrogen-bond donors (Lipinski definition) is 2. The zero-order chi connectivity index (χ0) is 17.4. The Bertz CT molecular complexity index is 532. The van der Waals surface area contributed by atoms with E-state index in [2.05, 4.69) is 12.2 Å². The van der Waals surface area contributed by atoms with Crippen LogP contribution in [0.3, 0.4) is 0 Å². The van der Waals surface area contributed by atoms with Gasteiger partial charge in [0.05, 0.1) is 18.9 Å². The lowest BCUT2D eigenvalue weighted by molar-refractivity contribution is -0.682. The largest absolute Gasteiger partial charge is 0.544 e. The van der Waals surface area contributed by atoms with Crippen molar-refractivity contribution in [1.29, 1.82) is 0 Å². The third kappa shape index (κ3) is 6.40. The van der Waals surface area contributed by atoms with Crippen LogP contribution in [0.2, 0.25) is 0 Å². The van der Waals surface area contributed by atoms with Gasteiger partial charge in [-0.25, -0.2) is 0 Å². The molecule has 3 N–H and O–H groups in total. The zero-order valence-electron chi connectivity index (χ0n) is 14.6. The number of hydrogen-bond acceptors (Lipinski definition) is 3. The first-order chi connectivity index (χ1) is 10.8. The molecule has 0 unspecified atom stereocenters. The number of quaternary nitrogens is 1. The second-order valence-electron chi connectivity index (χ2n) is 6.18. The molecule has 1 aromatic rings. The minimum Gasteiger partial charge on any atom is -0.544 e. The van der Waals surface area contributed by atoms with Crippen molar-refractivity contribution in [2.24, 2.45) is 0 Å². The molecular formula is C18H28N2O3. The number of aryl methyl sites for hydroxylation is 3. The van der Waals surface area contributed by atoms with Gasteiger partial charge < -0.3 is 20.5 Å². The number of carboxylic acids is 1. The Morgan fingerprint density at radius 2 is 1.78 bits per heavy atom. The monoisotopic (exact) mass is 320 g/mol. The highest BCUT2D eigenvalue weighted by atomic mass is 16.4. The second kappa shape index (κ2) is 9.30. The Labute approximate surface area is 138 Å². The fourth-order valence-corrected chi connectivity index (χ4v) is 2.74. The van der Waals surface area contributed by atoms with Crippen molar-refractivity contribution in [3.05, 3.63) is 28.8 Å². The number of carboxylic acid groups (broad SMARTS) is 1. The minimum absolute atomic E-state index is 0.0821. The Hall–Kier alpha value is -1.88. The Morgan fingerprint density at radius 1 is 1.17 bits per heavy atom. The number of anilines is 1. The quantitative estimate of drug-likeness (QED) is 0.660. The van der Waals surface area contributed by atoms with Crippen LogP contribution in [0.1, 0.15) is 49.3 Å². The summed E-state index contributed by atoms with van der Waals surface area (Å²) in [6.45, 7) is 8.66. The van der Waals surface area contributed by atoms with Crippen molar-refractivity contribution >= 4 is 17.6 Å². The van der Waals surface area contributed by atoms with Gasteiger partial charge in [-0.1, -0.05) is 31.0 Å². The minimum atomic E-state index is -1.19. The van der Waals surface area contributed by atoms with Crippen molar-refractivity contribution in [1.82, 2.24) is 0 Å². The van der Waals surface area contributed by atoms with E-state index in [0.29, 0.717) is 6.54 Å². The lowest BCUT2D eigenvalue weighted by Crippen LogP contribution is -2.93. The topological polar surface area (TPSA) is 85.8 Å². The number of rotatable bonds is 9. The maximum atomic E-state index is 12.2. The first-order valence-electron chi connectivity index (χ1n) is 8.27. The van der Waals surface area contributed by atoms with E-state index in [1.54, 1.807) is 5.32 Å². The van der Waals surface area contributed by atoms with E-state index in [4.69, 9.17) is 0 Å². The van der Waals surface area contributed by atoms with Crippen LogP contribution >= 0.6 is 0 Å². The van der Waals surface area contributed by atoms with Gasteiger partial charge in [0.15, 0.2) is 0 Å². The number of aliphatic carboxylic acids is 1. The molecule has 5 heteroatoms. The summed E-state index contributed by atoms with van der Waals surface area (Å²) in [6, 6.07) is 3.16. The molecule has 1 atom stereocenters. The van der Waals surface area contributed by atoms with E-state index in [9.17, 15) is 14.7 Å². The number of amides is 1. The smallest absolute Gasteiger partial charge is 0.230 e. The predicted octanol–water partition coefficient (Wildman–Crippen LogP) is 0.813. The van der Waals surface area contributed by atoms with Gasteiger partial charge in [0, 0.05) is 5.69 Å². The van der Waals surface area contributed by atoms with E-state index in [0.717, 1.165) is 41.6 Å². The van der Waals surface area contributed by atoms with E-state index in [1.807, 2.05) is 32.9 Å². The summed E-state index contributed by atoms with van der Waals surface area (Å²) < 4.78 is 0. The average Bonchev–Trinajstić information content (AvgIpc) is 2.45. The van der Waals surface area contributed by atoms with Gasteiger partial charge in [0.25, 0.3) is 0 Å². The van der Waals surface area contributed by atoms with Crippen LogP contribution in [-0.4, -0.2) is 24.5 Å². The molecule has 0 heterocycles. The molecule has 0 aliphatic carbocycles. The van der Waals surface area contributed by atoms with Crippen molar-refractivity contribution in [2.45, 2.75) is 59.4 Å². The summed E-state index contributed by atoms with van der Waals surface area (Å²) in [5, 5.41) is 15.7. The van der Waals surface area contributed by atoms with Crippen molar-refractivity contribution in [3.8, 4) is 0 Å². The third-order valence-electron chi connectivity index (χ3n) is 3.91. The maximum Gasteiger partial charge on any atom is 0.230 e. The Kier molecular flexibility index (Phi) is 7.75. The van der Waals surface area contributed by atoms with Gasteiger partial charge >= 0.3 is 0 Å². The molecule has 0 aliphatic heterocycles. The Morgan fingerprint density at radius 3 is 2.30 bits per heavy atom. The molecule has 0 radical (unpaired) electrons. The highest BCUT2D eigenvalue weighted by molar-refractivity contribution is 5.94. The first-order valence-corrected chi connectivity index (χ1v) is 8.27. The van der Waals surface area contributed by atoms with Gasteiger partial charge in [0.1, 0.15) is 6.04 Å². The van der Waals surface area contributed by atoms with Crippen LogP contribution in [-0.2, 0) is 9.59 Å². The number of carbonyl (C=O) groups is 2. The van der Waals surface area contributed by atoms with Crippen LogP contribution in [0.4, 0.5) is 5.69 Å². The molecule has 1 amide bonds. The van der Waals surface area contributed by atoms with Crippen LogP contribution in [0, 0.1) is 20.8 Å². The van der Waals surface area contributed by atoms with Gasteiger partial charge in [-0.2, -0.15) is 0 Å². The second-order valence-corrected chi connectivity index (χ2v) is 6.18. The summed E-state index contributed by atoms with van der Waals surface area (Å²) in [6.07, 6.45) is 3.00. The van der Waals surface area contributed by atoms with Crippen molar-refractivity contribution < 1.29 is 20.0 Å². The molecule has 0 aromatic heterocycles. The standard InChI is InChI=1S/C18H28N2O3/c1-5-6-7-8-19-15(18(22)23)11-16(21)20-17-13(3)9-12(2)10-14(17)4/h9-10,15,19H,5-8,11H2,1-4H3,(H,20,21)(H,22,23)/t15-/m0/s1. The third-order valence-corrected chi connectivity index (χ3v) is 3.91. The van der Waals surface area contributed by atoms with Gasteiger partial charge in [-0.15, -0.1) is 0 Å². The molecule has 5 nitrogen and oxygen atoms in total. The molecule has 0 spiro atoms. The molecule has 0 aliphatic rings. The molecule has 1 aromatic carbocycles. The summed E-state index contributed by atoms with van der Waals surface area (Å²) >= 11 is 0. The molecule has 128 valence electrons. The number of nitrogens with one attached hydrogen (secondary N) is 1. The fraction of sp³-hybridized carbons (Fsp3) is 0.556. The molecule has 0 saturated carbocycles. The summed E-state index contributed by atoms with van der Waals surface area (Å²) in [5.41, 5.74) is 3.86. The van der Waals surface area contributed by atoms with Crippen LogP contribution in [0.15, 0.2) is 12.1 Å². The van der Waals surface area contributed by atoms with E-state index in [1.165, 1.54) is 0 Å². The SMILES string of the molecule is CCCCC[NH2+][C@@H](CC(=O)Nc1c(C)cc(C)cc1C)C(=O)[O-]. The summed E-state index contributed by atoms with van der Waals surface area (Å²) in [4.78, 5) is 23.4. The molecule has 0 bridgehead atoms. The molecule has 23 heavy (non-hydrogen) atoms. The Balaban J connectivity index is 2.64. The zero-order valence-corrected chi connectivity index (χ0v) is 14.6. The van der Waals surface area contributed by atoms with Crippen LogP contribution in [0.25, 0.3) is 0 Å². The predicted molar refractivity (Wildman–Crippen MR) is 89.0 cm³/mol. The highest BCUT2D eigenvalue weighted by Gasteiger charge is 2.19. The van der Waals surface area contributed by atoms with E-state index < -0.39 is 12.0 Å². The highest BCUT2D eigenvalue weighted by Crippen LogP contribution is 2.22. The lowest BCUT2D eigenvalue weighted by atomic mass is 10.0. The number of nitrogens with two attached hydrogens (primary N) is 1. The number of benzene rings is 1. The molecule has 0 fully saturated rings. The average molecular weight is 320 g/mol. The summed E-state index contributed by atoms with van der Waals surface area (Å²) in [7, 11) is 0. The maximum absolute atomic E-state index is 12.2. The van der Waals surface area contributed by atoms with E-state index >= 15 is 0 Å². The van der Waals surface area contributed by atoms with Gasteiger partial charge in [-0.3, -0.25) is 4.79 Å². The van der Waals surface area contributed by atoms with Crippen molar-refractivity contribution in [2.75, 3.05) is 11.9 Å². The van der Waals surface area contributed by atoms with Crippen molar-refractivity contribution in [3.63, 3.8) is 0 Å². The normalized spacial score (nSPS) is 12.0. The fourth-order valence-electron chi connectivity index (χ4n) is 2.74. The first kappa shape index (κ1) is 19.2. The number of carbonyl (C=O) groups excluding carboxylic acids is 2. The van der Waals surface area contributed by atoms with Crippen LogP contribution < -0.4 is 15.7 Å². The van der Waals surface area contributed by atoms with Crippen LogP contribution in [0.5, 0.6) is 0 Å². The van der Waals surface area contributed by atoms with Gasteiger partial charge in [-0.05, 0) is 44.7 Å².